The van der Waals surface area contributed by atoms with Gasteiger partial charge in [-0.15, -0.1) is 0 Å². The predicted octanol–water partition coefficient (Wildman–Crippen LogP) is 9.14. The molecule has 0 fully saturated rings. The van der Waals surface area contributed by atoms with Gasteiger partial charge in [-0.3, -0.25) is 20.1 Å². The molecule has 81 heavy (non-hydrogen) atoms. The maximum absolute atomic E-state index is 12.9. The number of aromatic carboxylic acids is 1. The Balaban J connectivity index is 0.000000235. The number of aryl methyl sites for hydroxylation is 6. The minimum atomic E-state index is -1.19. The molecular formula is C60H72N14O7. The molecule has 0 aliphatic carbocycles. The number of carboxylic acid groups (broad SMARTS) is 1. The summed E-state index contributed by atoms with van der Waals surface area (Å²) in [6.45, 7) is 24.8. The molecule has 21 heteroatoms. The number of nitrogens with two attached hydrogens (primary N) is 2. The van der Waals surface area contributed by atoms with Crippen LogP contribution in [0.2, 0.25) is 0 Å². The van der Waals surface area contributed by atoms with Crippen LogP contribution in [0.4, 0.5) is 16.4 Å². The van der Waals surface area contributed by atoms with Crippen molar-refractivity contribution in [1.29, 1.82) is 10.5 Å². The van der Waals surface area contributed by atoms with Crippen LogP contribution in [0.5, 0.6) is 0 Å². The third kappa shape index (κ3) is 15.6. The largest absolute Gasteiger partial charge is 0.478 e. The fraction of sp³-hybridized carbons (Fsp3) is 0.350. The van der Waals surface area contributed by atoms with Crippen molar-refractivity contribution in [2.45, 2.75) is 140 Å². The molecule has 6 heterocycles. The lowest BCUT2D eigenvalue weighted by atomic mass is 9.93. The molecule has 0 aliphatic heterocycles. The van der Waals surface area contributed by atoms with E-state index in [4.69, 9.17) is 21.3 Å². The molecule has 0 unspecified atom stereocenters. The average molecular weight is 1100 g/mol. The second-order valence-corrected chi connectivity index (χ2v) is 21.6. The third-order valence-electron chi connectivity index (χ3n) is 12.7. The number of anilines is 2. The lowest BCUT2D eigenvalue weighted by Crippen LogP contribution is -2.27. The summed E-state index contributed by atoms with van der Waals surface area (Å²) < 4.78 is 8.01. The van der Waals surface area contributed by atoms with Gasteiger partial charge in [-0.25, -0.2) is 28.9 Å². The molecule has 6 aromatic heterocycles. The summed E-state index contributed by atoms with van der Waals surface area (Å²) in [5, 5.41) is 65.1. The van der Waals surface area contributed by atoms with Crippen molar-refractivity contribution in [3.8, 4) is 12.1 Å². The number of nitrogens with zero attached hydrogens (tertiary/aromatic N) is 10. The Bertz CT molecular complexity index is 3710. The molecule has 0 aliphatic rings. The average Bonchev–Trinajstić information content (AvgIpc) is 4.01. The molecule has 0 atom stereocenters. The highest BCUT2D eigenvalue weighted by Gasteiger charge is 2.25. The number of hydrogen-bond acceptors (Lipinski definition) is 16. The van der Waals surface area contributed by atoms with E-state index in [1.807, 2.05) is 105 Å². The Morgan fingerprint density at radius 2 is 1.14 bits per heavy atom. The molecular weight excluding hydrogens is 1030 g/mol. The highest BCUT2D eigenvalue weighted by atomic mass is 16.6. The number of benzene rings is 2. The van der Waals surface area contributed by atoms with Crippen LogP contribution in [-0.4, -0.2) is 78.4 Å². The SMILES string of the molecule is C.Cc1cc(NC(=O)OC(C)(C)C)nc(C)c1CN.Cc1cnc2c(C(C)(C)O)cc(Cn3ncc(C(=O)NCc4c(C)cc(N)nc4C)c3C#N)cc2c1.Cc1cnc2c(C(C)(C)O)cc(Cn3ncc(C(=O)O)c3C#N)cc2c1. The number of amides is 2. The van der Waals surface area contributed by atoms with Gasteiger partial charge in [0.15, 0.2) is 11.4 Å². The van der Waals surface area contributed by atoms with Gasteiger partial charge < -0.3 is 36.8 Å². The number of rotatable bonds is 12. The normalized spacial score (nSPS) is 11.3. The van der Waals surface area contributed by atoms with Crippen molar-refractivity contribution < 1.29 is 34.4 Å². The number of carbonyl (C=O) groups is 3. The van der Waals surface area contributed by atoms with Crippen molar-refractivity contribution in [1.82, 2.24) is 44.8 Å². The molecule has 424 valence electrons. The van der Waals surface area contributed by atoms with Crippen molar-refractivity contribution in [2.75, 3.05) is 11.1 Å². The third-order valence-corrected chi connectivity index (χ3v) is 12.7. The summed E-state index contributed by atoms with van der Waals surface area (Å²) >= 11 is 0. The number of ether oxygens (including phenoxy) is 1. The fourth-order valence-electron chi connectivity index (χ4n) is 8.93. The highest BCUT2D eigenvalue weighted by Crippen LogP contribution is 2.32. The Morgan fingerprint density at radius 3 is 1.57 bits per heavy atom. The van der Waals surface area contributed by atoms with Crippen LogP contribution in [0.25, 0.3) is 21.8 Å². The summed E-state index contributed by atoms with van der Waals surface area (Å²) in [6, 6.07) is 19.1. The van der Waals surface area contributed by atoms with Crippen LogP contribution >= 0.6 is 0 Å². The van der Waals surface area contributed by atoms with E-state index in [1.165, 1.54) is 21.8 Å². The Labute approximate surface area is 471 Å². The second kappa shape index (κ2) is 25.3. The van der Waals surface area contributed by atoms with E-state index in [0.29, 0.717) is 34.8 Å². The standard InChI is InChI=1S/C27H29N7O2.C19H18N4O3.C13H21N3O2.CH4/c1-15-6-19-8-18(9-22(27(4,5)36)25(19)30-11-15)14-34-23(10-28)21(13-32-34)26(35)31-12-20-16(2)7-24(29)33-17(20)3;1-11-4-13-5-12(6-15(19(2,3)26)17(13)21-8-11)10-23-16(7-20)14(9-22-23)18(24)25;1-8-6-11(15-9(2)10(8)7-14)16-12(17)18-13(3,4)5;/h6-9,11,13,36H,12,14H2,1-5H3,(H2,29,33)(H,31,35);4-6,8-9,26H,10H2,1-3H3,(H,24,25);6H,7,14H2,1-5H3,(H,15,16,17);1H4. The number of nitrogens with one attached hydrogen (secondary N) is 2. The van der Waals surface area contributed by atoms with Gasteiger partial charge in [-0.05, 0) is 183 Å². The Hall–Kier alpha value is -9.15. The lowest BCUT2D eigenvalue weighted by Gasteiger charge is -2.21. The molecule has 9 N–H and O–H groups in total. The number of pyridine rings is 4. The number of fused-ring (bicyclic) bond motifs is 2. The maximum Gasteiger partial charge on any atom is 0.413 e. The van der Waals surface area contributed by atoms with Crippen molar-refractivity contribution >= 4 is 51.4 Å². The van der Waals surface area contributed by atoms with E-state index >= 15 is 0 Å². The molecule has 8 rings (SSSR count). The Kier molecular flexibility index (Phi) is 19.6. The van der Waals surface area contributed by atoms with Crippen molar-refractivity contribution in [3.63, 3.8) is 0 Å². The molecule has 2 aromatic carbocycles. The number of carbonyl (C=O) groups excluding carboxylic acids is 2. The van der Waals surface area contributed by atoms with Crippen molar-refractivity contribution in [3.05, 3.63) is 163 Å². The van der Waals surface area contributed by atoms with Gasteiger partial charge in [-0.2, -0.15) is 20.7 Å². The number of carboxylic acids is 1. The zero-order chi connectivity index (χ0) is 59.2. The van der Waals surface area contributed by atoms with Gasteiger partial charge in [0.1, 0.15) is 34.9 Å². The first-order chi connectivity index (χ1) is 37.4. The molecule has 0 saturated heterocycles. The van der Waals surface area contributed by atoms with Crippen LogP contribution in [-0.2, 0) is 42.1 Å². The van der Waals surface area contributed by atoms with E-state index in [0.717, 1.165) is 72.2 Å². The van der Waals surface area contributed by atoms with Gasteiger partial charge in [0.05, 0.1) is 53.3 Å². The van der Waals surface area contributed by atoms with Crippen LogP contribution in [0.1, 0.15) is 155 Å². The van der Waals surface area contributed by atoms with Crippen LogP contribution in [0.3, 0.4) is 0 Å². The monoisotopic (exact) mass is 1100 g/mol. The summed E-state index contributed by atoms with van der Waals surface area (Å²) in [5.41, 5.74) is 20.7. The van der Waals surface area contributed by atoms with Gasteiger partial charge in [-0.1, -0.05) is 7.43 Å². The molecule has 0 radical (unpaired) electrons. The predicted molar refractivity (Wildman–Crippen MR) is 310 cm³/mol. The molecule has 8 aromatic rings. The van der Waals surface area contributed by atoms with E-state index in [1.54, 1.807) is 52.2 Å². The van der Waals surface area contributed by atoms with Gasteiger partial charge in [0, 0.05) is 58.8 Å². The molecule has 0 saturated carbocycles. The van der Waals surface area contributed by atoms with Crippen LogP contribution in [0.15, 0.2) is 73.3 Å². The van der Waals surface area contributed by atoms with E-state index < -0.39 is 34.8 Å². The minimum Gasteiger partial charge on any atom is -0.478 e. The number of nitrogen functional groups attached to an aromatic ring is 1. The van der Waals surface area contributed by atoms with Crippen LogP contribution < -0.4 is 22.1 Å². The lowest BCUT2D eigenvalue weighted by molar-refractivity contribution is 0.0632. The summed E-state index contributed by atoms with van der Waals surface area (Å²) in [4.78, 5) is 53.3. The van der Waals surface area contributed by atoms with Gasteiger partial charge in [0.25, 0.3) is 5.91 Å². The molecule has 0 spiro atoms. The smallest absolute Gasteiger partial charge is 0.413 e. The minimum absolute atomic E-state index is 0. The zero-order valence-corrected chi connectivity index (χ0v) is 47.4. The van der Waals surface area contributed by atoms with Crippen LogP contribution in [0, 0.1) is 64.2 Å². The number of aliphatic hydroxyl groups is 2. The van der Waals surface area contributed by atoms with Gasteiger partial charge >= 0.3 is 12.1 Å². The summed E-state index contributed by atoms with van der Waals surface area (Å²) in [7, 11) is 0. The molecule has 0 bridgehead atoms. The number of nitriles is 2. The molecule has 2 amide bonds. The maximum atomic E-state index is 12.9. The first-order valence-corrected chi connectivity index (χ1v) is 25.5. The first-order valence-electron chi connectivity index (χ1n) is 25.5. The Morgan fingerprint density at radius 1 is 0.667 bits per heavy atom. The summed E-state index contributed by atoms with van der Waals surface area (Å²) in [6.07, 6.45) is 5.59. The van der Waals surface area contributed by atoms with Gasteiger partial charge in [0.2, 0.25) is 0 Å². The number of hydrogen-bond donors (Lipinski definition) is 7. The first kappa shape index (κ1) is 62.7. The topological polar surface area (TPSA) is 332 Å². The van der Waals surface area contributed by atoms with Crippen molar-refractivity contribution in [2.24, 2.45) is 5.73 Å². The van der Waals surface area contributed by atoms with E-state index in [2.05, 4.69) is 46.8 Å². The fourth-order valence-corrected chi connectivity index (χ4v) is 8.93. The van der Waals surface area contributed by atoms with E-state index in [-0.39, 0.29) is 49.6 Å². The van der Waals surface area contributed by atoms with E-state index in [9.17, 15) is 35.1 Å². The second-order valence-electron chi connectivity index (χ2n) is 21.6. The number of aromatic nitrogens is 8. The zero-order valence-electron chi connectivity index (χ0n) is 47.4. The summed E-state index contributed by atoms with van der Waals surface area (Å²) in [5.74, 6) is -0.677. The highest BCUT2D eigenvalue weighted by molar-refractivity contribution is 5.96. The quantitative estimate of drug-likeness (QED) is 0.0599. The molecule has 21 nitrogen and oxygen atoms in total.